The smallest absolute Gasteiger partial charge is 0.261 e. The van der Waals surface area contributed by atoms with Crippen LogP contribution in [-0.4, -0.2) is 125 Å². The Kier molecular flexibility index (Phi) is 13.2. The fourth-order valence-corrected chi connectivity index (χ4v) is 13.2. The van der Waals surface area contributed by atoms with Crippen LogP contribution < -0.4 is 4.72 Å². The zero-order valence-corrected chi connectivity index (χ0v) is 34.5. The monoisotopic (exact) mass is 784 g/mol. The number of carbonyl (C=O) groups is 1. The number of rotatable bonds is 5. The molecule has 11 heteroatoms. The van der Waals surface area contributed by atoms with Crippen molar-refractivity contribution in [2.45, 2.75) is 107 Å². The third kappa shape index (κ3) is 8.96. The Morgan fingerprint density at radius 3 is 2.69 bits per heavy atom. The Morgan fingerprint density at radius 2 is 1.89 bits per heavy atom. The second kappa shape index (κ2) is 17.7. The van der Waals surface area contributed by atoms with Gasteiger partial charge in [-0.1, -0.05) is 61.4 Å². The van der Waals surface area contributed by atoms with Gasteiger partial charge in [0.2, 0.25) is 0 Å². The van der Waals surface area contributed by atoms with Crippen LogP contribution in [0.2, 0.25) is 5.02 Å². The number of thiol groups is 1. The summed E-state index contributed by atoms with van der Waals surface area (Å²) < 4.78 is 31.0. The normalized spacial score (nSPS) is 36.9. The number of aliphatic hydroxyl groups excluding tert-OH is 1. The van der Waals surface area contributed by atoms with E-state index in [0.717, 1.165) is 82.0 Å². The number of piperazine rings is 1. The first kappa shape index (κ1) is 40.3. The number of allylic oxidation sites excluding steroid dienone is 1. The molecular formula is C43H65ClN4O5S. The second-order valence-electron chi connectivity index (χ2n) is 17.3. The van der Waals surface area contributed by atoms with Gasteiger partial charge in [-0.3, -0.25) is 28.4 Å². The number of benzene rings is 1. The molecule has 1 aromatic rings. The average Bonchev–Trinajstić information content (AvgIpc) is 3.17. The van der Waals surface area contributed by atoms with Crippen LogP contribution in [0.1, 0.15) is 75.8 Å². The number of halogens is 1. The Balaban J connectivity index is 1.24. The third-order valence-corrected chi connectivity index (χ3v) is 16.7. The zero-order valence-electron chi connectivity index (χ0n) is 32.8. The number of nitrogens with one attached hydrogen (secondary N) is 1. The first-order chi connectivity index (χ1) is 26.1. The molecule has 6 aliphatic rings. The van der Waals surface area contributed by atoms with E-state index in [1.54, 1.807) is 6.26 Å². The number of hydrogen-bond donors (Lipinski definition) is 3. The molecule has 4 unspecified atom stereocenters. The van der Waals surface area contributed by atoms with E-state index in [-0.39, 0.29) is 35.8 Å². The topological polar surface area (TPSA) is 94.6 Å². The van der Waals surface area contributed by atoms with E-state index in [4.69, 9.17) is 21.1 Å². The van der Waals surface area contributed by atoms with Crippen molar-refractivity contribution in [3.8, 4) is 0 Å². The summed E-state index contributed by atoms with van der Waals surface area (Å²) >= 11 is 6.45. The quantitative estimate of drug-likeness (QED) is 0.273. The van der Waals surface area contributed by atoms with Crippen LogP contribution in [0.25, 0.3) is 0 Å². The van der Waals surface area contributed by atoms with Crippen molar-refractivity contribution >= 4 is 27.6 Å². The number of aliphatic hydroxyl groups is 1. The molecule has 4 heterocycles. The fourth-order valence-electron chi connectivity index (χ4n) is 10.6. The molecule has 9 nitrogen and oxygen atoms in total. The molecule has 3 fully saturated rings. The Hall–Kier alpha value is -1.89. The minimum atomic E-state index is -3.23. The molecule has 0 aromatic heterocycles. The van der Waals surface area contributed by atoms with Crippen LogP contribution in [0.5, 0.6) is 0 Å². The maximum atomic E-state index is 14.5. The second-order valence-corrected chi connectivity index (χ2v) is 20.6. The number of fused-ring (bicyclic) bond motifs is 3. The summed E-state index contributed by atoms with van der Waals surface area (Å²) in [4.78, 5) is 21.9. The molecule has 0 spiro atoms. The number of piperidine rings is 1. The SMILES string of the molecule is CO[C@]1(CN2CCN3CCCC[C@@H]3C2)/C=C/C[C@H](C)[C@@H](CCO)[SH](C)(=O)NC(=O)C2=CC3C(C=C2)OCc2ccc(Cl)cc2CCCCN3CC2CCC21. The lowest BCUT2D eigenvalue weighted by molar-refractivity contribution is -0.115. The van der Waals surface area contributed by atoms with Crippen molar-refractivity contribution in [3.05, 3.63) is 70.3 Å². The first-order valence-corrected chi connectivity index (χ1v) is 23.4. The van der Waals surface area contributed by atoms with Crippen molar-refractivity contribution in [3.63, 3.8) is 0 Å². The van der Waals surface area contributed by atoms with Gasteiger partial charge in [-0.25, -0.2) is 0 Å². The minimum Gasteiger partial charge on any atom is -0.396 e. The van der Waals surface area contributed by atoms with E-state index in [0.29, 0.717) is 42.9 Å². The van der Waals surface area contributed by atoms with Gasteiger partial charge in [-0.2, -0.15) is 0 Å². The van der Waals surface area contributed by atoms with Gasteiger partial charge in [0.05, 0.1) is 18.8 Å². The van der Waals surface area contributed by atoms with E-state index in [2.05, 4.69) is 56.7 Å². The number of amides is 1. The van der Waals surface area contributed by atoms with Crippen molar-refractivity contribution < 1.29 is 23.6 Å². The van der Waals surface area contributed by atoms with E-state index >= 15 is 0 Å². The highest BCUT2D eigenvalue weighted by Crippen LogP contribution is 2.46. The van der Waals surface area contributed by atoms with E-state index in [1.165, 1.54) is 31.4 Å². The van der Waals surface area contributed by atoms with Gasteiger partial charge in [0.1, 0.15) is 5.60 Å². The number of hydrogen-bond acceptors (Lipinski definition) is 8. The average molecular weight is 786 g/mol. The van der Waals surface area contributed by atoms with Gasteiger partial charge in [-0.05, 0) is 122 Å². The molecule has 8 atom stereocenters. The molecule has 2 saturated heterocycles. The summed E-state index contributed by atoms with van der Waals surface area (Å²) in [5.41, 5.74) is 2.47. The molecule has 4 aliphatic heterocycles. The highest BCUT2D eigenvalue weighted by molar-refractivity contribution is 8.01. The maximum absolute atomic E-state index is 14.5. The number of methoxy groups -OCH3 is 1. The van der Waals surface area contributed by atoms with Crippen LogP contribution in [-0.2, 0) is 37.4 Å². The van der Waals surface area contributed by atoms with Gasteiger partial charge in [-0.15, -0.1) is 0 Å². The summed E-state index contributed by atoms with van der Waals surface area (Å²) in [6.07, 6.45) is 22.2. The Morgan fingerprint density at radius 1 is 1.06 bits per heavy atom. The van der Waals surface area contributed by atoms with Gasteiger partial charge in [0, 0.05) is 74.6 Å². The van der Waals surface area contributed by atoms with Crippen LogP contribution in [0.15, 0.2) is 54.2 Å². The van der Waals surface area contributed by atoms with Crippen molar-refractivity contribution in [2.24, 2.45) is 17.8 Å². The lowest BCUT2D eigenvalue weighted by Crippen LogP contribution is -2.61. The largest absolute Gasteiger partial charge is 0.396 e. The number of ether oxygens (including phenoxy) is 2. The molecule has 2 bridgehead atoms. The summed E-state index contributed by atoms with van der Waals surface area (Å²) in [6, 6.07) is 6.57. The van der Waals surface area contributed by atoms with Crippen LogP contribution in [0.3, 0.4) is 0 Å². The molecule has 1 saturated carbocycles. The van der Waals surface area contributed by atoms with Crippen LogP contribution in [0, 0.1) is 17.8 Å². The molecule has 2 N–H and O–H groups in total. The Bertz CT molecular complexity index is 1620. The van der Waals surface area contributed by atoms with Crippen molar-refractivity contribution in [1.29, 1.82) is 0 Å². The first-order valence-electron chi connectivity index (χ1n) is 20.8. The highest BCUT2D eigenvalue weighted by atomic mass is 35.5. The van der Waals surface area contributed by atoms with E-state index in [9.17, 15) is 14.1 Å². The standard InChI is InChI=1S/C43H65ClN4O5S/c1-31-9-8-19-43(52-2,30-46-22-23-47-20-7-5-11-37(47)28-46)38-16-13-34(38)27-48-21-6-4-10-32-25-36(44)15-12-35(32)29-53-40-17-14-33(26-39(40)48)42(50)45-54(3,51)41(31)18-24-49/h8,12,14-15,17,19,25-26,31,34,37-41,49,54H,4-7,9-11,13,16,18,20-24,27-30H2,1-3H3,(H,45,50,51)/b19-8+/t31-,34?,37+,38?,39?,40?,41+,43-/m0/s1. The predicted molar refractivity (Wildman–Crippen MR) is 219 cm³/mol. The molecule has 1 amide bonds. The lowest BCUT2D eigenvalue weighted by atomic mass is 9.63. The van der Waals surface area contributed by atoms with Crippen molar-refractivity contribution in [1.82, 2.24) is 19.4 Å². The highest BCUT2D eigenvalue weighted by Gasteiger charge is 2.49. The number of aryl methyl sites for hydroxylation is 1. The molecule has 7 rings (SSSR count). The summed E-state index contributed by atoms with van der Waals surface area (Å²) in [6.45, 7) is 9.61. The van der Waals surface area contributed by atoms with Crippen molar-refractivity contribution in [2.75, 3.05) is 65.8 Å². The van der Waals surface area contributed by atoms with E-state index < -0.39 is 15.7 Å². The summed E-state index contributed by atoms with van der Waals surface area (Å²) in [7, 11) is -1.32. The fraction of sp³-hybridized carbons (Fsp3) is 0.698. The number of carbonyl (C=O) groups excluding carboxylic acids is 1. The Labute approximate surface area is 330 Å². The molecule has 0 radical (unpaired) electrons. The van der Waals surface area contributed by atoms with E-state index in [1.807, 2.05) is 25.3 Å². The predicted octanol–water partition coefficient (Wildman–Crippen LogP) is 5.33. The summed E-state index contributed by atoms with van der Waals surface area (Å²) in [5.74, 6) is 0.429. The molecular weight excluding hydrogens is 720 g/mol. The van der Waals surface area contributed by atoms with Gasteiger partial charge in [0.25, 0.3) is 5.91 Å². The summed E-state index contributed by atoms with van der Waals surface area (Å²) in [5, 5.41) is 10.5. The zero-order chi connectivity index (χ0) is 37.9. The van der Waals surface area contributed by atoms with Crippen LogP contribution in [0.4, 0.5) is 0 Å². The third-order valence-electron chi connectivity index (χ3n) is 13.8. The minimum absolute atomic E-state index is 0.0147. The molecule has 300 valence electrons. The lowest BCUT2D eigenvalue weighted by Gasteiger charge is -2.53. The van der Waals surface area contributed by atoms with Crippen LogP contribution >= 0.6 is 11.6 Å². The molecule has 54 heavy (non-hydrogen) atoms. The van der Waals surface area contributed by atoms with Gasteiger partial charge >= 0.3 is 0 Å². The van der Waals surface area contributed by atoms with Gasteiger partial charge in [0.15, 0.2) is 0 Å². The molecule has 2 aliphatic carbocycles. The number of nitrogens with zero attached hydrogens (tertiary/aromatic N) is 3. The maximum Gasteiger partial charge on any atom is 0.261 e. The molecule has 1 aromatic carbocycles. The van der Waals surface area contributed by atoms with Gasteiger partial charge < -0.3 is 14.6 Å².